The molecule has 0 aromatic heterocycles. The summed E-state index contributed by atoms with van der Waals surface area (Å²) in [5, 5.41) is 6.45. The molecule has 2 N–H and O–H groups in total. The van der Waals surface area contributed by atoms with E-state index in [0.717, 1.165) is 18.9 Å². The maximum atomic E-state index is 10.9. The predicted octanol–water partition coefficient (Wildman–Crippen LogP) is 1.29. The molecule has 1 rings (SSSR count). The summed E-state index contributed by atoms with van der Waals surface area (Å²) in [6, 6.07) is 1.02. The van der Waals surface area contributed by atoms with Crippen molar-refractivity contribution in [1.82, 2.24) is 10.6 Å². The summed E-state index contributed by atoms with van der Waals surface area (Å²) in [7, 11) is 0. The molecular formula is C11H22N2O. The van der Waals surface area contributed by atoms with Crippen LogP contribution in [0.2, 0.25) is 0 Å². The maximum Gasteiger partial charge on any atom is 0.220 e. The van der Waals surface area contributed by atoms with Crippen LogP contribution in [0.25, 0.3) is 0 Å². The smallest absolute Gasteiger partial charge is 0.220 e. The van der Waals surface area contributed by atoms with Crippen molar-refractivity contribution in [3.8, 4) is 0 Å². The van der Waals surface area contributed by atoms with Crippen molar-refractivity contribution in [2.45, 2.75) is 52.1 Å². The number of carbonyl (C=O) groups excluding carboxylic acids is 1. The predicted molar refractivity (Wildman–Crippen MR) is 58.1 cm³/mol. The van der Waals surface area contributed by atoms with Gasteiger partial charge in [-0.1, -0.05) is 13.8 Å². The Labute approximate surface area is 86.6 Å². The van der Waals surface area contributed by atoms with Crippen LogP contribution in [0.1, 0.15) is 40.0 Å². The first-order valence-corrected chi connectivity index (χ1v) is 5.60. The van der Waals surface area contributed by atoms with Gasteiger partial charge in [-0.15, -0.1) is 0 Å². The molecule has 0 aliphatic carbocycles. The SMILES string of the molecule is CC(C)CC(C)NC1CCC(=O)NC1. The van der Waals surface area contributed by atoms with E-state index < -0.39 is 0 Å². The zero-order valence-corrected chi connectivity index (χ0v) is 9.47. The van der Waals surface area contributed by atoms with Crippen molar-refractivity contribution < 1.29 is 4.79 Å². The monoisotopic (exact) mass is 198 g/mol. The number of hydrogen-bond donors (Lipinski definition) is 2. The highest BCUT2D eigenvalue weighted by Gasteiger charge is 2.19. The van der Waals surface area contributed by atoms with Crippen LogP contribution in [-0.4, -0.2) is 24.5 Å². The van der Waals surface area contributed by atoms with Gasteiger partial charge in [0.2, 0.25) is 5.91 Å². The number of amides is 1. The molecule has 82 valence electrons. The molecule has 14 heavy (non-hydrogen) atoms. The summed E-state index contributed by atoms with van der Waals surface area (Å²) >= 11 is 0. The van der Waals surface area contributed by atoms with E-state index in [4.69, 9.17) is 0 Å². The van der Waals surface area contributed by atoms with Crippen molar-refractivity contribution in [1.29, 1.82) is 0 Å². The van der Waals surface area contributed by atoms with Gasteiger partial charge in [0, 0.05) is 25.0 Å². The van der Waals surface area contributed by atoms with Gasteiger partial charge in [-0.2, -0.15) is 0 Å². The van der Waals surface area contributed by atoms with Gasteiger partial charge in [-0.3, -0.25) is 4.79 Å². The topological polar surface area (TPSA) is 41.1 Å². The van der Waals surface area contributed by atoms with Crippen molar-refractivity contribution in [2.24, 2.45) is 5.92 Å². The van der Waals surface area contributed by atoms with Crippen LogP contribution in [0.5, 0.6) is 0 Å². The van der Waals surface area contributed by atoms with Crippen LogP contribution < -0.4 is 10.6 Å². The standard InChI is InChI=1S/C11H22N2O/c1-8(2)6-9(3)13-10-4-5-11(14)12-7-10/h8-10,13H,4-7H2,1-3H3,(H,12,14). The molecule has 1 saturated heterocycles. The Morgan fingerprint density at radius 3 is 2.71 bits per heavy atom. The van der Waals surface area contributed by atoms with Crippen LogP contribution in [0.4, 0.5) is 0 Å². The molecule has 0 bridgehead atoms. The van der Waals surface area contributed by atoms with E-state index in [0.29, 0.717) is 18.5 Å². The van der Waals surface area contributed by atoms with Gasteiger partial charge in [0.25, 0.3) is 0 Å². The average molecular weight is 198 g/mol. The number of carbonyl (C=O) groups is 1. The Kier molecular flexibility index (Phi) is 4.39. The van der Waals surface area contributed by atoms with Crippen molar-refractivity contribution in [3.63, 3.8) is 0 Å². The lowest BCUT2D eigenvalue weighted by Crippen LogP contribution is -2.48. The molecule has 0 aromatic rings. The van der Waals surface area contributed by atoms with Crippen LogP contribution >= 0.6 is 0 Å². The third-order valence-corrected chi connectivity index (χ3v) is 2.61. The number of rotatable bonds is 4. The van der Waals surface area contributed by atoms with E-state index in [1.54, 1.807) is 0 Å². The average Bonchev–Trinajstić information content (AvgIpc) is 2.07. The second kappa shape index (κ2) is 5.35. The highest BCUT2D eigenvalue weighted by molar-refractivity contribution is 5.76. The fourth-order valence-electron chi connectivity index (χ4n) is 2.05. The van der Waals surface area contributed by atoms with Gasteiger partial charge in [-0.05, 0) is 25.7 Å². The number of piperidine rings is 1. The van der Waals surface area contributed by atoms with Crippen molar-refractivity contribution in [3.05, 3.63) is 0 Å². The molecule has 1 fully saturated rings. The minimum absolute atomic E-state index is 0.194. The van der Waals surface area contributed by atoms with Gasteiger partial charge in [0.1, 0.15) is 0 Å². The second-order valence-electron chi connectivity index (χ2n) is 4.74. The third-order valence-electron chi connectivity index (χ3n) is 2.61. The number of hydrogen-bond acceptors (Lipinski definition) is 2. The summed E-state index contributed by atoms with van der Waals surface area (Å²) in [5.41, 5.74) is 0. The van der Waals surface area contributed by atoms with Gasteiger partial charge in [0.05, 0.1) is 0 Å². The zero-order valence-electron chi connectivity index (χ0n) is 9.47. The van der Waals surface area contributed by atoms with E-state index in [1.807, 2.05) is 0 Å². The fourth-order valence-corrected chi connectivity index (χ4v) is 2.05. The first kappa shape index (κ1) is 11.5. The van der Waals surface area contributed by atoms with Gasteiger partial charge in [0.15, 0.2) is 0 Å². The summed E-state index contributed by atoms with van der Waals surface area (Å²) in [6.45, 7) is 7.49. The highest BCUT2D eigenvalue weighted by atomic mass is 16.1. The second-order valence-corrected chi connectivity index (χ2v) is 4.74. The normalized spacial score (nSPS) is 24.9. The minimum Gasteiger partial charge on any atom is -0.355 e. The summed E-state index contributed by atoms with van der Waals surface area (Å²) in [6.07, 6.45) is 2.85. The lowest BCUT2D eigenvalue weighted by Gasteiger charge is -2.27. The third kappa shape index (κ3) is 4.09. The summed E-state index contributed by atoms with van der Waals surface area (Å²) < 4.78 is 0. The van der Waals surface area contributed by atoms with E-state index in [2.05, 4.69) is 31.4 Å². The summed E-state index contributed by atoms with van der Waals surface area (Å²) in [5.74, 6) is 0.926. The first-order chi connectivity index (χ1) is 6.58. The van der Waals surface area contributed by atoms with Crippen LogP contribution in [0, 0.1) is 5.92 Å². The molecule has 2 unspecified atom stereocenters. The van der Waals surface area contributed by atoms with E-state index in [-0.39, 0.29) is 5.91 Å². The lowest BCUT2D eigenvalue weighted by molar-refractivity contribution is -0.122. The molecule has 1 aliphatic rings. The van der Waals surface area contributed by atoms with Crippen molar-refractivity contribution >= 4 is 5.91 Å². The van der Waals surface area contributed by atoms with E-state index >= 15 is 0 Å². The van der Waals surface area contributed by atoms with Gasteiger partial charge in [-0.25, -0.2) is 0 Å². The molecule has 3 heteroatoms. The Hall–Kier alpha value is -0.570. The molecule has 0 aromatic carbocycles. The zero-order chi connectivity index (χ0) is 10.6. The molecule has 1 amide bonds. The molecule has 0 spiro atoms. The molecular weight excluding hydrogens is 176 g/mol. The van der Waals surface area contributed by atoms with E-state index in [9.17, 15) is 4.79 Å². The quantitative estimate of drug-likeness (QED) is 0.714. The molecule has 0 radical (unpaired) electrons. The summed E-state index contributed by atoms with van der Waals surface area (Å²) in [4.78, 5) is 10.9. The Bertz CT molecular complexity index is 182. The van der Waals surface area contributed by atoms with Crippen LogP contribution in [0.15, 0.2) is 0 Å². The first-order valence-electron chi connectivity index (χ1n) is 5.60. The molecule has 1 heterocycles. The van der Waals surface area contributed by atoms with Crippen LogP contribution in [-0.2, 0) is 4.79 Å². The van der Waals surface area contributed by atoms with Crippen molar-refractivity contribution in [2.75, 3.05) is 6.54 Å². The largest absolute Gasteiger partial charge is 0.355 e. The minimum atomic E-state index is 0.194. The molecule has 2 atom stereocenters. The fraction of sp³-hybridized carbons (Fsp3) is 0.909. The molecule has 0 saturated carbocycles. The van der Waals surface area contributed by atoms with E-state index in [1.165, 1.54) is 6.42 Å². The molecule has 3 nitrogen and oxygen atoms in total. The molecule has 1 aliphatic heterocycles. The Morgan fingerprint density at radius 1 is 1.50 bits per heavy atom. The lowest BCUT2D eigenvalue weighted by atomic mass is 10.0. The van der Waals surface area contributed by atoms with Crippen LogP contribution in [0.3, 0.4) is 0 Å². The van der Waals surface area contributed by atoms with Gasteiger partial charge >= 0.3 is 0 Å². The maximum absolute atomic E-state index is 10.9. The number of nitrogens with one attached hydrogen (secondary N) is 2. The Morgan fingerprint density at radius 2 is 2.21 bits per heavy atom. The Balaban J connectivity index is 2.20. The highest BCUT2D eigenvalue weighted by Crippen LogP contribution is 2.08. The van der Waals surface area contributed by atoms with Gasteiger partial charge < -0.3 is 10.6 Å².